The van der Waals surface area contributed by atoms with Crippen LogP contribution in [0.4, 0.5) is 0 Å². The van der Waals surface area contributed by atoms with Crippen molar-refractivity contribution in [3.05, 3.63) is 101 Å². The Hall–Kier alpha value is -3.40. The van der Waals surface area contributed by atoms with Gasteiger partial charge in [0, 0.05) is 42.1 Å². The Bertz CT molecular complexity index is 1240. The molecule has 2 aromatic carbocycles. The molecule has 4 nitrogen and oxygen atoms in total. The van der Waals surface area contributed by atoms with Gasteiger partial charge in [-0.1, -0.05) is 48.5 Å². The summed E-state index contributed by atoms with van der Waals surface area (Å²) in [4.78, 5) is 19.5. The molecule has 4 heteroatoms. The number of benzene rings is 2. The lowest BCUT2D eigenvalue weighted by Crippen LogP contribution is -2.45. The summed E-state index contributed by atoms with van der Waals surface area (Å²) in [7, 11) is 0. The number of aromatic nitrogens is 2. The standard InChI is InChI=1S/C25H21N3O/c29-25-21-15-26-12-10-18(21)14-23-24-20(11-13-27(23)25)19-8-4-5-9-22(19)28(24)16-17-6-2-1-3-7-17/h1-10,12,15,23H,11,13-14,16H2. The minimum atomic E-state index is 0.0808. The number of para-hydroxylation sites is 1. The molecule has 29 heavy (non-hydrogen) atoms. The minimum Gasteiger partial charge on any atom is -0.338 e. The van der Waals surface area contributed by atoms with Crippen LogP contribution in [0.5, 0.6) is 0 Å². The monoisotopic (exact) mass is 379 g/mol. The highest BCUT2D eigenvalue weighted by Crippen LogP contribution is 2.42. The van der Waals surface area contributed by atoms with Gasteiger partial charge in [0.15, 0.2) is 0 Å². The van der Waals surface area contributed by atoms with Gasteiger partial charge in [0.1, 0.15) is 0 Å². The number of pyridine rings is 1. The molecule has 6 rings (SSSR count). The van der Waals surface area contributed by atoms with Crippen molar-refractivity contribution in [2.75, 3.05) is 6.54 Å². The van der Waals surface area contributed by atoms with E-state index in [1.807, 2.05) is 6.07 Å². The third-order valence-electron chi connectivity index (χ3n) is 6.41. The summed E-state index contributed by atoms with van der Waals surface area (Å²) in [6, 6.07) is 21.3. The fraction of sp³-hybridized carbons (Fsp3) is 0.200. The van der Waals surface area contributed by atoms with Crippen molar-refractivity contribution < 1.29 is 4.79 Å². The molecular weight excluding hydrogens is 358 g/mol. The van der Waals surface area contributed by atoms with Crippen molar-refractivity contribution in [3.8, 4) is 0 Å². The Morgan fingerprint density at radius 2 is 1.83 bits per heavy atom. The van der Waals surface area contributed by atoms with Crippen LogP contribution >= 0.6 is 0 Å². The summed E-state index contributed by atoms with van der Waals surface area (Å²) in [6.45, 7) is 1.59. The van der Waals surface area contributed by atoms with Crippen LogP contribution in [0.1, 0.15) is 38.8 Å². The van der Waals surface area contributed by atoms with E-state index < -0.39 is 0 Å². The first-order valence-electron chi connectivity index (χ1n) is 10.2. The van der Waals surface area contributed by atoms with Gasteiger partial charge >= 0.3 is 0 Å². The van der Waals surface area contributed by atoms with Crippen molar-refractivity contribution >= 4 is 16.8 Å². The molecule has 0 spiro atoms. The number of amides is 1. The summed E-state index contributed by atoms with van der Waals surface area (Å²) in [6.07, 6.45) is 5.27. The zero-order valence-electron chi connectivity index (χ0n) is 16.1. The minimum absolute atomic E-state index is 0.0808. The van der Waals surface area contributed by atoms with Gasteiger partial charge in [-0.15, -0.1) is 0 Å². The maximum atomic E-state index is 13.2. The van der Waals surface area contributed by atoms with E-state index in [0.29, 0.717) is 0 Å². The van der Waals surface area contributed by atoms with E-state index in [1.165, 1.54) is 27.7 Å². The smallest absolute Gasteiger partial charge is 0.256 e. The molecule has 0 bridgehead atoms. The lowest BCUT2D eigenvalue weighted by molar-refractivity contribution is 0.0623. The van der Waals surface area contributed by atoms with Crippen LogP contribution < -0.4 is 0 Å². The largest absolute Gasteiger partial charge is 0.338 e. The van der Waals surface area contributed by atoms with E-state index in [9.17, 15) is 4.79 Å². The third kappa shape index (κ3) is 2.45. The van der Waals surface area contributed by atoms with Crippen LogP contribution in [0.15, 0.2) is 73.1 Å². The predicted molar refractivity (Wildman–Crippen MR) is 113 cm³/mol. The van der Waals surface area contributed by atoms with E-state index in [-0.39, 0.29) is 11.9 Å². The quantitative estimate of drug-likeness (QED) is 0.518. The highest BCUT2D eigenvalue weighted by atomic mass is 16.2. The maximum Gasteiger partial charge on any atom is 0.256 e. The van der Waals surface area contributed by atoms with Gasteiger partial charge in [0.2, 0.25) is 0 Å². The molecule has 0 aliphatic carbocycles. The molecule has 2 aliphatic heterocycles. The molecule has 142 valence electrons. The van der Waals surface area contributed by atoms with E-state index in [2.05, 4.69) is 69.0 Å². The van der Waals surface area contributed by atoms with Crippen LogP contribution in [-0.2, 0) is 19.4 Å². The first-order chi connectivity index (χ1) is 14.3. The second-order valence-electron chi connectivity index (χ2n) is 7.95. The summed E-state index contributed by atoms with van der Waals surface area (Å²) < 4.78 is 2.44. The molecule has 2 aromatic heterocycles. The van der Waals surface area contributed by atoms with Crippen LogP contribution in [0, 0.1) is 0 Å². The van der Waals surface area contributed by atoms with Crippen LogP contribution in [0.25, 0.3) is 10.9 Å². The topological polar surface area (TPSA) is 38.1 Å². The molecule has 0 fully saturated rings. The molecule has 2 aliphatic rings. The number of hydrogen-bond acceptors (Lipinski definition) is 2. The van der Waals surface area contributed by atoms with E-state index in [4.69, 9.17) is 0 Å². The number of carbonyl (C=O) groups excluding carboxylic acids is 1. The van der Waals surface area contributed by atoms with Crippen molar-refractivity contribution in [1.29, 1.82) is 0 Å². The van der Waals surface area contributed by atoms with Crippen LogP contribution in [-0.4, -0.2) is 26.9 Å². The fourth-order valence-electron chi connectivity index (χ4n) is 5.12. The predicted octanol–water partition coefficient (Wildman–Crippen LogP) is 4.38. The zero-order valence-corrected chi connectivity index (χ0v) is 16.1. The molecule has 1 amide bonds. The zero-order chi connectivity index (χ0) is 19.4. The average molecular weight is 379 g/mol. The molecule has 0 N–H and O–H groups in total. The fourth-order valence-corrected chi connectivity index (χ4v) is 5.12. The number of nitrogens with zero attached hydrogens (tertiary/aromatic N) is 3. The molecule has 4 aromatic rings. The van der Waals surface area contributed by atoms with Gasteiger partial charge in [-0.25, -0.2) is 0 Å². The Kier molecular flexibility index (Phi) is 3.60. The molecular formula is C25H21N3O. The molecule has 0 saturated heterocycles. The number of fused-ring (bicyclic) bond motifs is 6. The number of carbonyl (C=O) groups is 1. The molecule has 1 atom stereocenters. The van der Waals surface area contributed by atoms with E-state index >= 15 is 0 Å². The summed E-state index contributed by atoms with van der Waals surface area (Å²) in [5, 5.41) is 1.33. The lowest BCUT2D eigenvalue weighted by atomic mass is 9.87. The van der Waals surface area contributed by atoms with Crippen molar-refractivity contribution in [2.45, 2.75) is 25.4 Å². The Labute approximate surface area is 169 Å². The Morgan fingerprint density at radius 1 is 1.00 bits per heavy atom. The molecule has 4 heterocycles. The van der Waals surface area contributed by atoms with Gasteiger partial charge in [-0.05, 0) is 41.7 Å². The average Bonchev–Trinajstić information content (AvgIpc) is 3.09. The lowest BCUT2D eigenvalue weighted by Gasteiger charge is -2.40. The van der Waals surface area contributed by atoms with Crippen molar-refractivity contribution in [2.24, 2.45) is 0 Å². The van der Waals surface area contributed by atoms with Gasteiger partial charge in [0.05, 0.1) is 11.6 Å². The summed E-state index contributed by atoms with van der Waals surface area (Å²) >= 11 is 0. The highest BCUT2D eigenvalue weighted by molar-refractivity contribution is 5.97. The summed E-state index contributed by atoms with van der Waals surface area (Å²) in [5.41, 5.74) is 7.12. The van der Waals surface area contributed by atoms with Crippen LogP contribution in [0.3, 0.4) is 0 Å². The molecule has 0 radical (unpaired) electrons. The first kappa shape index (κ1) is 16.5. The van der Waals surface area contributed by atoms with Gasteiger partial charge in [-0.3, -0.25) is 9.78 Å². The highest BCUT2D eigenvalue weighted by Gasteiger charge is 2.39. The Balaban J connectivity index is 1.56. The van der Waals surface area contributed by atoms with Gasteiger partial charge in [-0.2, -0.15) is 0 Å². The number of rotatable bonds is 2. The normalized spacial score (nSPS) is 17.7. The van der Waals surface area contributed by atoms with Gasteiger partial charge < -0.3 is 9.47 Å². The first-order valence-corrected chi connectivity index (χ1v) is 10.2. The van der Waals surface area contributed by atoms with Crippen molar-refractivity contribution in [3.63, 3.8) is 0 Å². The Morgan fingerprint density at radius 3 is 2.72 bits per heavy atom. The van der Waals surface area contributed by atoms with E-state index in [0.717, 1.165) is 37.1 Å². The SMILES string of the molecule is O=C1c2cnccc2CC2c3c(c4ccccc4n3Cc3ccccc3)CCN12. The van der Waals surface area contributed by atoms with Crippen LogP contribution in [0.2, 0.25) is 0 Å². The number of hydrogen-bond donors (Lipinski definition) is 0. The second kappa shape index (κ2) is 6.31. The maximum absolute atomic E-state index is 13.2. The van der Waals surface area contributed by atoms with Gasteiger partial charge in [0.25, 0.3) is 5.91 Å². The third-order valence-corrected chi connectivity index (χ3v) is 6.41. The van der Waals surface area contributed by atoms with Crippen molar-refractivity contribution in [1.82, 2.24) is 14.5 Å². The summed E-state index contributed by atoms with van der Waals surface area (Å²) in [5.74, 6) is 0.117. The molecule has 0 saturated carbocycles. The molecule has 1 unspecified atom stereocenters. The second-order valence-corrected chi connectivity index (χ2v) is 7.95. The van der Waals surface area contributed by atoms with E-state index in [1.54, 1.807) is 12.4 Å².